The monoisotopic (exact) mass is 187 g/mol. The molecule has 0 amide bonds. The first-order valence-electron chi connectivity index (χ1n) is 3.83. The lowest BCUT2D eigenvalue weighted by Gasteiger charge is -1.96. The number of carbonyl (C=O) groups is 1. The lowest BCUT2D eigenvalue weighted by molar-refractivity contribution is 0.0688. The molecule has 0 fully saturated rings. The van der Waals surface area contributed by atoms with Crippen LogP contribution in [0.4, 0.5) is 0 Å². The highest BCUT2D eigenvalue weighted by atomic mass is 16.4. The molecule has 2 heterocycles. The number of carboxylic acids is 1. The third kappa shape index (κ3) is 1.10. The second-order valence-corrected chi connectivity index (χ2v) is 2.72. The van der Waals surface area contributed by atoms with Crippen molar-refractivity contribution in [3.63, 3.8) is 0 Å². The van der Waals surface area contributed by atoms with Gasteiger partial charge in [-0.25, -0.2) is 9.31 Å². The summed E-state index contributed by atoms with van der Waals surface area (Å²) in [5, 5.41) is 21.2. The number of carboxylic acid groups (broad SMARTS) is 1. The Morgan fingerprint density at radius 2 is 2.36 bits per heavy atom. The van der Waals surface area contributed by atoms with Crippen LogP contribution in [0.5, 0.6) is 0 Å². The molecule has 5 nitrogen and oxygen atoms in total. The third-order valence-corrected chi connectivity index (χ3v) is 1.85. The van der Waals surface area contributed by atoms with Gasteiger partial charge in [0.25, 0.3) is 0 Å². The summed E-state index contributed by atoms with van der Waals surface area (Å²) in [5.41, 5.74) is 1.10. The number of hydrogen-bond acceptors (Lipinski definition) is 3. The lowest BCUT2D eigenvalue weighted by atomic mass is 10.3. The van der Waals surface area contributed by atoms with Crippen molar-refractivity contribution >= 4 is 11.5 Å². The minimum Gasteiger partial charge on any atom is -0.477 e. The van der Waals surface area contributed by atoms with Crippen LogP contribution in [0.3, 0.4) is 0 Å². The zero-order valence-electron chi connectivity index (χ0n) is 7.01. The lowest BCUT2D eigenvalue weighted by Crippen LogP contribution is -2.04. The molecule has 2 aromatic rings. The predicted molar refractivity (Wildman–Crippen MR) is 46.9 cm³/mol. The van der Waals surface area contributed by atoms with Gasteiger partial charge in [0.05, 0.1) is 17.3 Å². The molecule has 0 aromatic carbocycles. The van der Waals surface area contributed by atoms with E-state index >= 15 is 0 Å². The van der Waals surface area contributed by atoms with E-state index in [1.54, 1.807) is 12.1 Å². The van der Waals surface area contributed by atoms with Gasteiger partial charge in [-0.05, 0) is 18.2 Å². The zero-order valence-corrected chi connectivity index (χ0v) is 7.01. The molecule has 0 bridgehead atoms. The van der Waals surface area contributed by atoms with Crippen LogP contribution in [0.2, 0.25) is 0 Å². The van der Waals surface area contributed by atoms with E-state index < -0.39 is 5.97 Å². The first kappa shape index (κ1) is 8.26. The number of nitrogens with zero attached hydrogens (tertiary/aromatic N) is 3. The van der Waals surface area contributed by atoms with Crippen molar-refractivity contribution in [3.8, 4) is 6.07 Å². The molecule has 0 saturated carbocycles. The van der Waals surface area contributed by atoms with Gasteiger partial charge in [-0.1, -0.05) is 0 Å². The van der Waals surface area contributed by atoms with Crippen LogP contribution in [-0.2, 0) is 0 Å². The van der Waals surface area contributed by atoms with E-state index in [9.17, 15) is 4.79 Å². The number of nitriles is 1. The van der Waals surface area contributed by atoms with Gasteiger partial charge in [0.2, 0.25) is 0 Å². The van der Waals surface area contributed by atoms with Gasteiger partial charge in [-0.2, -0.15) is 10.4 Å². The largest absolute Gasteiger partial charge is 0.477 e. The molecule has 0 aliphatic rings. The Morgan fingerprint density at radius 3 is 3.00 bits per heavy atom. The zero-order chi connectivity index (χ0) is 10.1. The fourth-order valence-electron chi connectivity index (χ4n) is 1.22. The summed E-state index contributed by atoms with van der Waals surface area (Å²) in [6, 6.07) is 6.58. The van der Waals surface area contributed by atoms with Crippen LogP contribution >= 0.6 is 0 Å². The van der Waals surface area contributed by atoms with Crippen molar-refractivity contribution in [1.82, 2.24) is 9.61 Å². The molecule has 0 radical (unpaired) electrons. The molecule has 0 aliphatic carbocycles. The fraction of sp³-hybridized carbons (Fsp3) is 0. The summed E-state index contributed by atoms with van der Waals surface area (Å²) in [7, 11) is 0. The highest BCUT2D eigenvalue weighted by Gasteiger charge is 2.09. The molecule has 0 spiro atoms. The van der Waals surface area contributed by atoms with Crippen molar-refractivity contribution in [2.24, 2.45) is 0 Å². The molecule has 0 unspecified atom stereocenters. The standard InChI is InChI=1S/C9H5N3O2/c10-4-6-3-7-1-2-8(9(13)14)12(7)11-5-6/h1-3,5H,(H,13,14). The van der Waals surface area contributed by atoms with Crippen molar-refractivity contribution < 1.29 is 9.90 Å². The molecular formula is C9H5N3O2. The molecule has 0 saturated heterocycles. The summed E-state index contributed by atoms with van der Waals surface area (Å²) in [6.45, 7) is 0. The van der Waals surface area contributed by atoms with Crippen molar-refractivity contribution in [3.05, 3.63) is 35.7 Å². The Labute approximate surface area is 78.8 Å². The Bertz CT molecular complexity index is 551. The molecule has 2 rings (SSSR count). The van der Waals surface area contributed by atoms with Crippen LogP contribution in [0, 0.1) is 11.3 Å². The molecule has 0 aliphatic heterocycles. The second-order valence-electron chi connectivity index (χ2n) is 2.72. The number of aromatic nitrogens is 2. The van der Waals surface area contributed by atoms with E-state index in [0.717, 1.165) is 0 Å². The number of rotatable bonds is 1. The first-order valence-corrected chi connectivity index (χ1v) is 3.83. The fourth-order valence-corrected chi connectivity index (χ4v) is 1.22. The van der Waals surface area contributed by atoms with Crippen LogP contribution in [-0.4, -0.2) is 20.7 Å². The molecule has 1 N–H and O–H groups in total. The molecule has 14 heavy (non-hydrogen) atoms. The van der Waals surface area contributed by atoms with E-state index in [-0.39, 0.29) is 5.69 Å². The second kappa shape index (κ2) is 2.85. The molecular weight excluding hydrogens is 182 g/mol. The summed E-state index contributed by atoms with van der Waals surface area (Å²) in [4.78, 5) is 10.7. The van der Waals surface area contributed by atoms with Gasteiger partial charge in [0.15, 0.2) is 5.69 Å². The summed E-state index contributed by atoms with van der Waals surface area (Å²) in [6.07, 6.45) is 1.33. The topological polar surface area (TPSA) is 78.4 Å². The van der Waals surface area contributed by atoms with Gasteiger partial charge in [-0.15, -0.1) is 0 Å². The van der Waals surface area contributed by atoms with Gasteiger partial charge in [-0.3, -0.25) is 0 Å². The van der Waals surface area contributed by atoms with E-state index in [4.69, 9.17) is 10.4 Å². The van der Waals surface area contributed by atoms with E-state index in [1.165, 1.54) is 16.8 Å². The maximum absolute atomic E-state index is 10.7. The Balaban J connectivity index is 2.73. The summed E-state index contributed by atoms with van der Waals surface area (Å²) >= 11 is 0. The Hall–Kier alpha value is -2.35. The molecule has 5 heteroatoms. The van der Waals surface area contributed by atoms with Gasteiger partial charge >= 0.3 is 5.97 Å². The average Bonchev–Trinajstić information content (AvgIpc) is 2.59. The Kier molecular flexibility index (Phi) is 1.68. The molecule has 2 aromatic heterocycles. The summed E-state index contributed by atoms with van der Waals surface area (Å²) < 4.78 is 1.28. The highest BCUT2D eigenvalue weighted by Crippen LogP contribution is 2.09. The van der Waals surface area contributed by atoms with Crippen LogP contribution in [0.25, 0.3) is 5.52 Å². The normalized spacial score (nSPS) is 9.93. The van der Waals surface area contributed by atoms with E-state index in [0.29, 0.717) is 11.1 Å². The average molecular weight is 187 g/mol. The smallest absolute Gasteiger partial charge is 0.354 e. The predicted octanol–water partition coefficient (Wildman–Crippen LogP) is 0.904. The summed E-state index contributed by atoms with van der Waals surface area (Å²) in [5.74, 6) is -1.04. The van der Waals surface area contributed by atoms with Crippen LogP contribution < -0.4 is 0 Å². The van der Waals surface area contributed by atoms with Crippen molar-refractivity contribution in [2.45, 2.75) is 0 Å². The van der Waals surface area contributed by atoms with Crippen molar-refractivity contribution in [2.75, 3.05) is 0 Å². The molecule has 0 atom stereocenters. The van der Waals surface area contributed by atoms with Gasteiger partial charge < -0.3 is 5.11 Å². The SMILES string of the molecule is N#Cc1cnn2c(C(=O)O)ccc2c1. The van der Waals surface area contributed by atoms with Crippen LogP contribution in [0.1, 0.15) is 16.1 Å². The highest BCUT2D eigenvalue weighted by molar-refractivity contribution is 5.87. The minimum atomic E-state index is -1.04. The van der Waals surface area contributed by atoms with E-state index in [1.807, 2.05) is 6.07 Å². The maximum atomic E-state index is 10.7. The maximum Gasteiger partial charge on any atom is 0.354 e. The molecule has 68 valence electrons. The number of fused-ring (bicyclic) bond motifs is 1. The first-order chi connectivity index (χ1) is 6.72. The third-order valence-electron chi connectivity index (χ3n) is 1.85. The Morgan fingerprint density at radius 1 is 1.57 bits per heavy atom. The van der Waals surface area contributed by atoms with Gasteiger partial charge in [0, 0.05) is 0 Å². The van der Waals surface area contributed by atoms with Crippen LogP contribution in [0.15, 0.2) is 24.4 Å². The number of hydrogen-bond donors (Lipinski definition) is 1. The van der Waals surface area contributed by atoms with Gasteiger partial charge in [0.1, 0.15) is 6.07 Å². The quantitative estimate of drug-likeness (QED) is 0.719. The number of aromatic carboxylic acids is 1. The van der Waals surface area contributed by atoms with Crippen molar-refractivity contribution in [1.29, 1.82) is 5.26 Å². The minimum absolute atomic E-state index is 0.0875. The van der Waals surface area contributed by atoms with E-state index in [2.05, 4.69) is 5.10 Å².